The average molecular weight is 478 g/mol. The monoisotopic (exact) mass is 478 g/mol. The fraction of sp³-hybridized carbons (Fsp3) is 0.227. The summed E-state index contributed by atoms with van der Waals surface area (Å²) in [4.78, 5) is 20.5. The molecule has 0 atom stereocenters. The van der Waals surface area contributed by atoms with Crippen molar-refractivity contribution in [3.8, 4) is 22.8 Å². The highest BCUT2D eigenvalue weighted by Gasteiger charge is 2.31. The first-order valence-corrected chi connectivity index (χ1v) is 9.86. The van der Waals surface area contributed by atoms with Crippen LogP contribution in [0.5, 0.6) is 11.5 Å². The van der Waals surface area contributed by atoms with Gasteiger partial charge in [0, 0.05) is 18.2 Å². The minimum atomic E-state index is -4.84. The van der Waals surface area contributed by atoms with Crippen LogP contribution in [0.2, 0.25) is 0 Å². The molecule has 34 heavy (non-hydrogen) atoms. The average Bonchev–Trinajstić information content (AvgIpc) is 2.81. The Labute approximate surface area is 192 Å². The molecule has 0 aliphatic carbocycles. The van der Waals surface area contributed by atoms with Crippen molar-refractivity contribution in [1.29, 1.82) is 0 Å². The van der Waals surface area contributed by atoms with E-state index in [4.69, 9.17) is 14.6 Å². The summed E-state index contributed by atoms with van der Waals surface area (Å²) in [7, 11) is 2.70. The summed E-state index contributed by atoms with van der Waals surface area (Å²) in [6.07, 6.45) is -4.84. The van der Waals surface area contributed by atoms with Gasteiger partial charge in [-0.3, -0.25) is 0 Å². The highest BCUT2D eigenvalue weighted by Crippen LogP contribution is 2.32. The topological polar surface area (TPSA) is 115 Å². The Kier molecular flexibility index (Phi) is 7.74. The second-order valence-corrected chi connectivity index (χ2v) is 6.72. The van der Waals surface area contributed by atoms with Crippen molar-refractivity contribution in [2.75, 3.05) is 38.0 Å². The first-order chi connectivity index (χ1) is 16.2. The predicted octanol–water partition coefficient (Wildman–Crippen LogP) is 3.99. The molecule has 12 heteroatoms. The number of esters is 1. The van der Waals surface area contributed by atoms with E-state index in [1.165, 1.54) is 50.6 Å². The molecule has 9 nitrogen and oxygen atoms in total. The molecule has 0 amide bonds. The molecule has 0 aliphatic heterocycles. The van der Waals surface area contributed by atoms with Gasteiger partial charge in [0.15, 0.2) is 0 Å². The highest BCUT2D eigenvalue weighted by atomic mass is 19.4. The largest absolute Gasteiger partial charge is 0.573 e. The first kappa shape index (κ1) is 24.6. The number of nitrogens with zero attached hydrogens (tertiary/aromatic N) is 2. The normalized spacial score (nSPS) is 11.0. The Hall–Kier alpha value is -4.06. The Bertz CT molecular complexity index is 1160. The maximum atomic E-state index is 12.6. The van der Waals surface area contributed by atoms with Crippen LogP contribution in [0.15, 0.2) is 48.5 Å². The molecule has 3 rings (SSSR count). The molecule has 3 aromatic rings. The molecule has 2 aromatic carbocycles. The van der Waals surface area contributed by atoms with Crippen LogP contribution < -0.4 is 20.1 Å². The lowest BCUT2D eigenvalue weighted by Crippen LogP contribution is -2.17. The Morgan fingerprint density at radius 2 is 1.88 bits per heavy atom. The molecule has 1 heterocycles. The van der Waals surface area contributed by atoms with Crippen molar-refractivity contribution in [3.63, 3.8) is 0 Å². The molecule has 0 unspecified atom stereocenters. The number of alkyl halides is 3. The van der Waals surface area contributed by atoms with E-state index in [9.17, 15) is 18.0 Å². The molecular formula is C22H21F3N4O5. The van der Waals surface area contributed by atoms with Crippen LogP contribution in [0.1, 0.15) is 10.4 Å². The van der Waals surface area contributed by atoms with Crippen molar-refractivity contribution in [1.82, 2.24) is 9.97 Å². The SMILES string of the molecule is COC(=O)c1ccc(OC)c(Nc2cc(-c3cccc(OC(F)(F)F)c3)nc(NCCO)n2)c1. The summed E-state index contributed by atoms with van der Waals surface area (Å²) in [5, 5.41) is 15.0. The fourth-order valence-electron chi connectivity index (χ4n) is 2.95. The zero-order valence-electron chi connectivity index (χ0n) is 18.1. The van der Waals surface area contributed by atoms with Crippen LogP contribution in [0.4, 0.5) is 30.6 Å². The molecule has 1 aromatic heterocycles. The number of benzene rings is 2. The van der Waals surface area contributed by atoms with E-state index in [1.807, 2.05) is 0 Å². The van der Waals surface area contributed by atoms with Gasteiger partial charge in [-0.15, -0.1) is 13.2 Å². The van der Waals surface area contributed by atoms with E-state index in [2.05, 4.69) is 25.3 Å². The number of carbonyl (C=O) groups excluding carboxylic acids is 1. The van der Waals surface area contributed by atoms with Crippen LogP contribution in [-0.2, 0) is 4.74 Å². The van der Waals surface area contributed by atoms with E-state index >= 15 is 0 Å². The Morgan fingerprint density at radius 1 is 1.09 bits per heavy atom. The molecule has 0 saturated heterocycles. The van der Waals surface area contributed by atoms with Gasteiger partial charge in [-0.05, 0) is 30.3 Å². The van der Waals surface area contributed by atoms with Crippen LogP contribution in [-0.4, -0.2) is 54.8 Å². The number of rotatable bonds is 9. The van der Waals surface area contributed by atoms with E-state index in [0.717, 1.165) is 0 Å². The summed E-state index contributed by atoms with van der Waals surface area (Å²) in [6.45, 7) is -0.0540. The van der Waals surface area contributed by atoms with E-state index in [1.54, 1.807) is 12.1 Å². The number of hydrogen-bond donors (Lipinski definition) is 3. The summed E-state index contributed by atoms with van der Waals surface area (Å²) in [5.41, 5.74) is 1.25. The zero-order valence-corrected chi connectivity index (χ0v) is 18.1. The number of methoxy groups -OCH3 is 2. The molecule has 0 fully saturated rings. The lowest BCUT2D eigenvalue weighted by molar-refractivity contribution is -0.274. The zero-order chi connectivity index (χ0) is 24.7. The minimum absolute atomic E-state index is 0.110. The van der Waals surface area contributed by atoms with Gasteiger partial charge in [0.1, 0.15) is 17.3 Å². The third-order valence-corrected chi connectivity index (χ3v) is 4.37. The Balaban J connectivity index is 2.02. The smallest absolute Gasteiger partial charge is 0.495 e. The molecule has 0 spiro atoms. The minimum Gasteiger partial charge on any atom is -0.495 e. The second-order valence-electron chi connectivity index (χ2n) is 6.72. The first-order valence-electron chi connectivity index (χ1n) is 9.86. The summed E-state index contributed by atoms with van der Waals surface area (Å²) in [5.74, 6) is -0.207. The molecule has 0 saturated carbocycles. The number of aliphatic hydroxyl groups excluding tert-OH is 1. The van der Waals surface area contributed by atoms with Gasteiger partial charge >= 0.3 is 12.3 Å². The van der Waals surface area contributed by atoms with Gasteiger partial charge in [0.2, 0.25) is 5.95 Å². The van der Waals surface area contributed by atoms with Crippen molar-refractivity contribution in [2.24, 2.45) is 0 Å². The lowest BCUT2D eigenvalue weighted by atomic mass is 10.1. The summed E-state index contributed by atoms with van der Waals surface area (Å²) < 4.78 is 52.0. The van der Waals surface area contributed by atoms with Gasteiger partial charge in [0.05, 0.1) is 37.8 Å². The van der Waals surface area contributed by atoms with Gasteiger partial charge < -0.3 is 30.0 Å². The van der Waals surface area contributed by atoms with E-state index in [-0.39, 0.29) is 36.2 Å². The fourth-order valence-corrected chi connectivity index (χ4v) is 2.95. The quantitative estimate of drug-likeness (QED) is 0.393. The Morgan fingerprint density at radius 3 is 2.56 bits per heavy atom. The predicted molar refractivity (Wildman–Crippen MR) is 117 cm³/mol. The third-order valence-electron chi connectivity index (χ3n) is 4.37. The molecule has 0 radical (unpaired) electrons. The lowest BCUT2D eigenvalue weighted by Gasteiger charge is -2.15. The second kappa shape index (κ2) is 10.7. The molecule has 0 aliphatic rings. The van der Waals surface area contributed by atoms with Crippen molar-refractivity contribution < 1.29 is 37.3 Å². The van der Waals surface area contributed by atoms with Gasteiger partial charge in [-0.1, -0.05) is 12.1 Å². The number of anilines is 3. The molecular weight excluding hydrogens is 457 g/mol. The van der Waals surface area contributed by atoms with Crippen molar-refractivity contribution >= 4 is 23.4 Å². The molecule has 3 N–H and O–H groups in total. The number of aromatic nitrogens is 2. The number of ether oxygens (including phenoxy) is 3. The van der Waals surface area contributed by atoms with Crippen molar-refractivity contribution in [2.45, 2.75) is 6.36 Å². The van der Waals surface area contributed by atoms with Crippen LogP contribution in [0, 0.1) is 0 Å². The molecule has 180 valence electrons. The number of carbonyl (C=O) groups is 1. The summed E-state index contributed by atoms with van der Waals surface area (Å²) in [6, 6.07) is 11.4. The van der Waals surface area contributed by atoms with Gasteiger partial charge in [-0.2, -0.15) is 4.98 Å². The van der Waals surface area contributed by atoms with Gasteiger partial charge in [0.25, 0.3) is 0 Å². The van der Waals surface area contributed by atoms with E-state index in [0.29, 0.717) is 17.0 Å². The standard InChI is InChI=1S/C22H21F3N4O5/c1-32-18-7-6-14(20(31)33-2)11-17(18)27-19-12-16(28-21(29-19)26-8-9-30)13-4-3-5-15(10-13)34-22(23,24)25/h3-7,10-12,30H,8-9H2,1-2H3,(H2,26,27,28,29). The maximum Gasteiger partial charge on any atom is 0.573 e. The van der Waals surface area contributed by atoms with Crippen LogP contribution >= 0.6 is 0 Å². The van der Waals surface area contributed by atoms with Gasteiger partial charge in [-0.25, -0.2) is 9.78 Å². The third kappa shape index (κ3) is 6.48. The molecule has 0 bridgehead atoms. The van der Waals surface area contributed by atoms with Crippen LogP contribution in [0.3, 0.4) is 0 Å². The number of halogens is 3. The summed E-state index contributed by atoms with van der Waals surface area (Å²) >= 11 is 0. The number of hydrogen-bond acceptors (Lipinski definition) is 9. The van der Waals surface area contributed by atoms with Crippen molar-refractivity contribution in [3.05, 3.63) is 54.1 Å². The highest BCUT2D eigenvalue weighted by molar-refractivity contribution is 5.91. The maximum absolute atomic E-state index is 12.6. The van der Waals surface area contributed by atoms with E-state index < -0.39 is 18.1 Å². The van der Waals surface area contributed by atoms with Crippen LogP contribution in [0.25, 0.3) is 11.3 Å². The number of aliphatic hydroxyl groups is 1. The number of nitrogens with one attached hydrogen (secondary N) is 2.